The molecule has 0 radical (unpaired) electrons. The number of ketones is 1. The molecule has 2 unspecified atom stereocenters. The number of aromatic amines is 1. The summed E-state index contributed by atoms with van der Waals surface area (Å²) in [5.74, 6) is -3.48. The molecule has 2 aliphatic rings. The van der Waals surface area contributed by atoms with Gasteiger partial charge in [-0.25, -0.2) is 23.3 Å². The lowest BCUT2D eigenvalue weighted by Crippen LogP contribution is -2.43. The average molecular weight is 585 g/mol. The summed E-state index contributed by atoms with van der Waals surface area (Å²) in [4.78, 5) is 23.1. The molecule has 2 atom stereocenters. The van der Waals surface area contributed by atoms with Crippen molar-refractivity contribution in [3.63, 3.8) is 0 Å². The number of pyridine rings is 1. The number of rotatable bonds is 6. The molecule has 0 aliphatic carbocycles. The molecule has 13 heteroatoms. The lowest BCUT2D eigenvalue weighted by atomic mass is 9.95. The first-order chi connectivity index (χ1) is 19.6. The Morgan fingerprint density at radius 3 is 2.46 bits per heavy atom. The Balaban J connectivity index is 1.36. The Hall–Kier alpha value is -3.78. The second-order valence-corrected chi connectivity index (χ2v) is 11.7. The van der Waals surface area contributed by atoms with Crippen LogP contribution in [0.2, 0.25) is 0 Å². The van der Waals surface area contributed by atoms with Gasteiger partial charge in [-0.2, -0.15) is 12.7 Å². The van der Waals surface area contributed by atoms with Crippen molar-refractivity contribution in [1.82, 2.24) is 19.6 Å². The molecule has 0 spiro atoms. The van der Waals surface area contributed by atoms with Gasteiger partial charge in [-0.15, -0.1) is 0 Å². The number of alkyl halides is 1. The molecule has 4 N–H and O–H groups in total. The number of nitrogens with one attached hydrogen (secondary N) is 2. The number of fused-ring (bicyclic) bond motifs is 1. The van der Waals surface area contributed by atoms with Crippen LogP contribution in [0.15, 0.2) is 54.9 Å². The average Bonchev–Trinajstić information content (AvgIpc) is 3.57. The highest BCUT2D eigenvalue weighted by Crippen LogP contribution is 2.39. The van der Waals surface area contributed by atoms with Gasteiger partial charge in [0.15, 0.2) is 0 Å². The Bertz CT molecular complexity index is 1740. The monoisotopic (exact) mass is 584 g/mol. The highest BCUT2D eigenvalue weighted by atomic mass is 32.2. The Labute approximate surface area is 234 Å². The van der Waals surface area contributed by atoms with E-state index in [1.165, 1.54) is 6.20 Å². The largest absolute Gasteiger partial charge is 0.369 e. The summed E-state index contributed by atoms with van der Waals surface area (Å²) in [6, 6.07) is 9.79. The first-order valence-electron chi connectivity index (χ1n) is 13.1. The van der Waals surface area contributed by atoms with Crippen molar-refractivity contribution in [2.24, 2.45) is 5.14 Å². The van der Waals surface area contributed by atoms with Crippen LogP contribution in [-0.2, 0) is 10.2 Å². The molecule has 2 aromatic carbocycles. The molecule has 4 aromatic rings. The fourth-order valence-electron chi connectivity index (χ4n) is 5.64. The number of nitrogens with two attached hydrogens (primary N) is 1. The standard InChI is InChI=1S/C28H27F3N6O3S/c29-22-6-5-19(26-23(30)7-10-37(26)41(32,39)40)25(31)24(22)27(38)21-15-35-28-20(21)13-17(14-34-28)16-1-3-18(4-2-16)36-11-8-33-9-12-36/h1-6,13-15,23,26,33H,7-12H2,(H,34,35)(H2,32,39,40). The Morgan fingerprint density at radius 2 is 1.76 bits per heavy atom. The number of halogens is 3. The maximum Gasteiger partial charge on any atom is 0.277 e. The van der Waals surface area contributed by atoms with Gasteiger partial charge in [0.1, 0.15) is 23.5 Å². The van der Waals surface area contributed by atoms with Gasteiger partial charge in [0.25, 0.3) is 10.2 Å². The third-order valence-electron chi connectivity index (χ3n) is 7.73. The predicted molar refractivity (Wildman–Crippen MR) is 148 cm³/mol. The van der Waals surface area contributed by atoms with E-state index in [-0.39, 0.29) is 18.5 Å². The van der Waals surface area contributed by atoms with E-state index in [2.05, 4.69) is 20.2 Å². The molecule has 41 heavy (non-hydrogen) atoms. The van der Waals surface area contributed by atoms with Crippen LogP contribution in [0.5, 0.6) is 0 Å². The van der Waals surface area contributed by atoms with Crippen molar-refractivity contribution in [2.45, 2.75) is 18.6 Å². The number of piperazine rings is 1. The minimum atomic E-state index is -4.38. The predicted octanol–water partition coefficient (Wildman–Crippen LogP) is 3.44. The van der Waals surface area contributed by atoms with Crippen LogP contribution in [0.4, 0.5) is 18.9 Å². The van der Waals surface area contributed by atoms with Gasteiger partial charge in [-0.3, -0.25) is 4.79 Å². The van der Waals surface area contributed by atoms with Crippen LogP contribution in [0.3, 0.4) is 0 Å². The van der Waals surface area contributed by atoms with Crippen LogP contribution in [0, 0.1) is 11.6 Å². The van der Waals surface area contributed by atoms with E-state index in [0.717, 1.165) is 49.6 Å². The third kappa shape index (κ3) is 4.99. The normalized spacial score (nSPS) is 20.1. The number of nitrogens with zero attached hydrogens (tertiary/aromatic N) is 3. The van der Waals surface area contributed by atoms with Crippen LogP contribution < -0.4 is 15.4 Å². The van der Waals surface area contributed by atoms with E-state index in [0.29, 0.717) is 20.9 Å². The van der Waals surface area contributed by atoms with Gasteiger partial charge < -0.3 is 15.2 Å². The fraction of sp³-hybridized carbons (Fsp3) is 0.286. The summed E-state index contributed by atoms with van der Waals surface area (Å²) < 4.78 is 70.1. The molecule has 2 aliphatic heterocycles. The van der Waals surface area contributed by atoms with Gasteiger partial charge in [0.05, 0.1) is 11.6 Å². The number of aromatic nitrogens is 2. The SMILES string of the molecule is NS(=O)(=O)N1CCC(F)C1c1ccc(F)c(C(=O)c2c[nH]c3ncc(-c4ccc(N5CCNCC5)cc4)cc23)c1F. The molecule has 214 valence electrons. The maximum atomic E-state index is 15.8. The number of carbonyl (C=O) groups excluding carboxylic acids is 1. The summed E-state index contributed by atoms with van der Waals surface area (Å²) >= 11 is 0. The van der Waals surface area contributed by atoms with E-state index in [1.54, 1.807) is 12.3 Å². The van der Waals surface area contributed by atoms with Crippen molar-refractivity contribution >= 4 is 32.7 Å². The van der Waals surface area contributed by atoms with Crippen molar-refractivity contribution in [2.75, 3.05) is 37.6 Å². The molecular weight excluding hydrogens is 557 g/mol. The maximum absolute atomic E-state index is 15.8. The minimum absolute atomic E-state index is 0.0340. The van der Waals surface area contributed by atoms with Crippen molar-refractivity contribution in [3.05, 3.63) is 83.2 Å². The minimum Gasteiger partial charge on any atom is -0.369 e. The topological polar surface area (TPSA) is 124 Å². The van der Waals surface area contributed by atoms with E-state index in [9.17, 15) is 22.0 Å². The molecule has 9 nitrogen and oxygen atoms in total. The summed E-state index contributed by atoms with van der Waals surface area (Å²) in [5.41, 5.74) is 1.56. The number of carbonyl (C=O) groups is 1. The van der Waals surface area contributed by atoms with Crippen LogP contribution in [0.1, 0.15) is 33.9 Å². The van der Waals surface area contributed by atoms with E-state index >= 15 is 4.39 Å². The summed E-state index contributed by atoms with van der Waals surface area (Å²) in [6.45, 7) is 3.37. The van der Waals surface area contributed by atoms with Crippen molar-refractivity contribution in [3.8, 4) is 11.1 Å². The molecule has 4 heterocycles. The molecule has 0 saturated carbocycles. The zero-order valence-electron chi connectivity index (χ0n) is 21.8. The zero-order valence-corrected chi connectivity index (χ0v) is 22.6. The molecule has 2 fully saturated rings. The molecule has 2 saturated heterocycles. The number of anilines is 1. The second kappa shape index (κ2) is 10.6. The van der Waals surface area contributed by atoms with Crippen molar-refractivity contribution < 1.29 is 26.4 Å². The quantitative estimate of drug-likeness (QED) is 0.299. The number of benzene rings is 2. The second-order valence-electron chi connectivity index (χ2n) is 10.2. The van der Waals surface area contributed by atoms with Crippen LogP contribution in [0.25, 0.3) is 22.2 Å². The lowest BCUT2D eigenvalue weighted by molar-refractivity contribution is 0.103. The Morgan fingerprint density at radius 1 is 1.02 bits per heavy atom. The van der Waals surface area contributed by atoms with Gasteiger partial charge in [-0.05, 0) is 36.2 Å². The highest BCUT2D eigenvalue weighted by molar-refractivity contribution is 7.86. The number of H-pyrrole nitrogens is 1. The van der Waals surface area contributed by atoms with Gasteiger partial charge in [0, 0.05) is 72.9 Å². The molecule has 0 amide bonds. The molecule has 2 aromatic heterocycles. The Kier molecular flexibility index (Phi) is 7.06. The first kappa shape index (κ1) is 27.4. The fourth-order valence-corrected chi connectivity index (χ4v) is 6.56. The number of hydrogen-bond acceptors (Lipinski definition) is 6. The van der Waals surface area contributed by atoms with Gasteiger partial charge >= 0.3 is 0 Å². The zero-order chi connectivity index (χ0) is 28.9. The summed E-state index contributed by atoms with van der Waals surface area (Å²) in [7, 11) is -4.38. The summed E-state index contributed by atoms with van der Waals surface area (Å²) in [6.07, 6.45) is 0.952. The molecular formula is C28H27F3N6O3S. The van der Waals surface area contributed by atoms with Crippen LogP contribution in [-0.4, -0.2) is 67.4 Å². The highest BCUT2D eigenvalue weighted by Gasteiger charge is 2.43. The first-order valence-corrected chi connectivity index (χ1v) is 14.6. The molecule has 0 bridgehead atoms. The lowest BCUT2D eigenvalue weighted by Gasteiger charge is -2.29. The van der Waals surface area contributed by atoms with Gasteiger partial charge in [0.2, 0.25) is 5.78 Å². The van der Waals surface area contributed by atoms with E-state index < -0.39 is 51.0 Å². The van der Waals surface area contributed by atoms with E-state index in [4.69, 9.17) is 5.14 Å². The van der Waals surface area contributed by atoms with Crippen molar-refractivity contribution in [1.29, 1.82) is 0 Å². The van der Waals surface area contributed by atoms with Gasteiger partial charge in [-0.1, -0.05) is 18.2 Å². The van der Waals surface area contributed by atoms with E-state index in [1.807, 2.05) is 24.3 Å². The number of hydrogen-bond donors (Lipinski definition) is 3. The van der Waals surface area contributed by atoms with Crippen LogP contribution >= 0.6 is 0 Å². The summed E-state index contributed by atoms with van der Waals surface area (Å²) in [5, 5.41) is 8.87. The molecule has 6 rings (SSSR count). The third-order valence-corrected chi connectivity index (χ3v) is 8.79. The smallest absolute Gasteiger partial charge is 0.277 e.